The van der Waals surface area contributed by atoms with Crippen LogP contribution in [0, 0.1) is 0 Å². The van der Waals surface area contributed by atoms with Gasteiger partial charge in [0.05, 0.1) is 23.6 Å². The van der Waals surface area contributed by atoms with E-state index in [2.05, 4.69) is 14.7 Å². The van der Waals surface area contributed by atoms with Gasteiger partial charge in [0.1, 0.15) is 0 Å². The number of nitrogens with one attached hydrogen (secondary N) is 1. The van der Waals surface area contributed by atoms with E-state index in [-0.39, 0.29) is 28.4 Å². The number of H-pyrrole nitrogens is 1. The molecular weight excluding hydrogens is 374 g/mol. The van der Waals surface area contributed by atoms with Gasteiger partial charge in [-0.3, -0.25) is 4.79 Å². The zero-order valence-corrected chi connectivity index (χ0v) is 14.9. The van der Waals surface area contributed by atoms with Crippen molar-refractivity contribution in [2.45, 2.75) is 19.6 Å². The predicted molar refractivity (Wildman–Crippen MR) is 95.8 cm³/mol. The fourth-order valence-electron chi connectivity index (χ4n) is 2.57. The number of aromatic amines is 1. The highest BCUT2D eigenvalue weighted by Gasteiger charge is 2.19. The van der Waals surface area contributed by atoms with Gasteiger partial charge in [-0.2, -0.15) is 8.78 Å². The first-order valence-electron chi connectivity index (χ1n) is 8.22. The molecule has 0 aliphatic carbocycles. The van der Waals surface area contributed by atoms with E-state index in [0.717, 1.165) is 0 Å². The molecule has 9 heteroatoms. The van der Waals surface area contributed by atoms with Crippen molar-refractivity contribution in [1.29, 1.82) is 0 Å². The van der Waals surface area contributed by atoms with Crippen LogP contribution in [0.15, 0.2) is 47.3 Å². The van der Waals surface area contributed by atoms with Gasteiger partial charge in [-0.15, -0.1) is 0 Å². The van der Waals surface area contributed by atoms with Crippen LogP contribution >= 0.6 is 0 Å². The minimum absolute atomic E-state index is 0.0420. The lowest BCUT2D eigenvalue weighted by Crippen LogP contribution is -2.17. The van der Waals surface area contributed by atoms with Gasteiger partial charge >= 0.3 is 12.6 Å². The molecule has 0 aliphatic rings. The number of benzene rings is 2. The van der Waals surface area contributed by atoms with Crippen molar-refractivity contribution in [1.82, 2.24) is 9.97 Å². The van der Waals surface area contributed by atoms with Crippen LogP contribution in [0.5, 0.6) is 11.5 Å². The van der Waals surface area contributed by atoms with Crippen molar-refractivity contribution in [2.75, 3.05) is 7.11 Å². The molecule has 0 saturated carbocycles. The van der Waals surface area contributed by atoms with Crippen molar-refractivity contribution in [3.63, 3.8) is 0 Å². The van der Waals surface area contributed by atoms with Crippen molar-refractivity contribution in [2.24, 2.45) is 0 Å². The van der Waals surface area contributed by atoms with Crippen LogP contribution in [0.4, 0.5) is 8.78 Å². The lowest BCUT2D eigenvalue weighted by atomic mass is 10.2. The van der Waals surface area contributed by atoms with E-state index in [4.69, 9.17) is 9.47 Å². The number of nitrogens with zero attached hydrogens (tertiary/aromatic N) is 1. The number of aromatic nitrogens is 2. The van der Waals surface area contributed by atoms with Gasteiger partial charge < -0.3 is 19.2 Å². The van der Waals surface area contributed by atoms with Crippen molar-refractivity contribution < 1.29 is 27.8 Å². The van der Waals surface area contributed by atoms with Crippen molar-refractivity contribution >= 4 is 16.9 Å². The molecule has 146 valence electrons. The Labute approximate surface area is 157 Å². The zero-order valence-electron chi connectivity index (χ0n) is 14.9. The topological polar surface area (TPSA) is 90.5 Å². The summed E-state index contributed by atoms with van der Waals surface area (Å²) in [6.07, 6.45) is -0.854. The Morgan fingerprint density at radius 2 is 1.89 bits per heavy atom. The molecule has 0 aliphatic heterocycles. The van der Waals surface area contributed by atoms with E-state index in [0.29, 0.717) is 10.9 Å². The van der Waals surface area contributed by atoms with Gasteiger partial charge in [0.15, 0.2) is 23.4 Å². The third-order valence-electron chi connectivity index (χ3n) is 3.92. The predicted octanol–water partition coefficient (Wildman–Crippen LogP) is 3.45. The number of para-hydroxylation sites is 1. The standard InChI is InChI=1S/C19H16F2N2O5/c1-10(16-22-13-6-4-3-5-12(13)17(24)23-16)27-18(25)11-7-8-14(28-19(20)21)15(9-11)26-2/h3-10,19H,1-2H3,(H,22,23,24)/t10-/m0/s1. The molecule has 0 spiro atoms. The number of carbonyl (C=O) groups is 1. The van der Waals surface area contributed by atoms with Gasteiger partial charge in [-0.25, -0.2) is 9.78 Å². The van der Waals surface area contributed by atoms with Crippen LogP contribution in [-0.4, -0.2) is 29.7 Å². The van der Waals surface area contributed by atoms with E-state index in [1.54, 1.807) is 31.2 Å². The fraction of sp³-hybridized carbons (Fsp3) is 0.211. The molecular formula is C19H16F2N2O5. The summed E-state index contributed by atoms with van der Waals surface area (Å²) >= 11 is 0. The monoisotopic (exact) mass is 390 g/mol. The molecule has 1 heterocycles. The van der Waals surface area contributed by atoms with Crippen molar-refractivity contribution in [3.05, 3.63) is 64.2 Å². The first-order valence-corrected chi connectivity index (χ1v) is 8.22. The first kappa shape index (κ1) is 19.3. The molecule has 7 nitrogen and oxygen atoms in total. The van der Waals surface area contributed by atoms with Crippen LogP contribution in [0.25, 0.3) is 10.9 Å². The molecule has 0 unspecified atom stereocenters. The van der Waals surface area contributed by atoms with E-state index in [1.165, 1.54) is 25.3 Å². The quantitative estimate of drug-likeness (QED) is 0.649. The number of halogens is 2. The number of alkyl halides is 2. The summed E-state index contributed by atoms with van der Waals surface area (Å²) in [5, 5.41) is 0.420. The summed E-state index contributed by atoms with van der Waals surface area (Å²) in [6, 6.07) is 10.4. The van der Waals surface area contributed by atoms with Crippen LogP contribution in [0.1, 0.15) is 29.2 Å². The number of carbonyl (C=O) groups excluding carboxylic acids is 1. The number of hydrogen-bond acceptors (Lipinski definition) is 6. The largest absolute Gasteiger partial charge is 0.493 e. The Morgan fingerprint density at radius 3 is 2.61 bits per heavy atom. The Bertz CT molecular complexity index is 1070. The van der Waals surface area contributed by atoms with Gasteiger partial charge in [0.25, 0.3) is 5.56 Å². The Morgan fingerprint density at radius 1 is 1.14 bits per heavy atom. The van der Waals surface area contributed by atoms with Gasteiger partial charge in [-0.1, -0.05) is 12.1 Å². The molecule has 1 N–H and O–H groups in total. The van der Waals surface area contributed by atoms with Crippen molar-refractivity contribution in [3.8, 4) is 11.5 Å². The van der Waals surface area contributed by atoms with Gasteiger partial charge in [-0.05, 0) is 37.3 Å². The smallest absolute Gasteiger partial charge is 0.387 e. The van der Waals surface area contributed by atoms with Crippen LogP contribution in [0.3, 0.4) is 0 Å². The molecule has 2 aromatic carbocycles. The highest BCUT2D eigenvalue weighted by Crippen LogP contribution is 2.30. The molecule has 28 heavy (non-hydrogen) atoms. The summed E-state index contributed by atoms with van der Waals surface area (Å²) in [4.78, 5) is 31.4. The van der Waals surface area contributed by atoms with E-state index in [9.17, 15) is 18.4 Å². The second-order valence-electron chi connectivity index (χ2n) is 5.76. The molecule has 3 aromatic rings. The highest BCUT2D eigenvalue weighted by molar-refractivity contribution is 5.90. The van der Waals surface area contributed by atoms with Gasteiger partial charge in [0, 0.05) is 0 Å². The maximum absolute atomic E-state index is 12.4. The summed E-state index contributed by atoms with van der Waals surface area (Å²) in [6.45, 7) is -1.47. The van der Waals surface area contributed by atoms with Crippen LogP contribution in [0.2, 0.25) is 0 Å². The minimum Gasteiger partial charge on any atom is -0.493 e. The molecule has 3 rings (SSSR count). The molecule has 0 radical (unpaired) electrons. The minimum atomic E-state index is -3.03. The maximum atomic E-state index is 12.4. The number of ether oxygens (including phenoxy) is 3. The van der Waals surface area contributed by atoms with Crippen LogP contribution in [-0.2, 0) is 4.74 Å². The third-order valence-corrected chi connectivity index (χ3v) is 3.92. The number of esters is 1. The molecule has 0 saturated heterocycles. The summed E-state index contributed by atoms with van der Waals surface area (Å²) in [5.74, 6) is -0.811. The summed E-state index contributed by atoms with van der Waals surface area (Å²) in [7, 11) is 1.26. The fourth-order valence-corrected chi connectivity index (χ4v) is 2.57. The van der Waals surface area contributed by atoms with Gasteiger partial charge in [0.2, 0.25) is 0 Å². The Kier molecular flexibility index (Phi) is 5.53. The molecule has 1 aromatic heterocycles. The third kappa shape index (κ3) is 4.08. The normalized spacial score (nSPS) is 12.0. The number of methoxy groups -OCH3 is 1. The maximum Gasteiger partial charge on any atom is 0.387 e. The Balaban J connectivity index is 1.82. The number of hydrogen-bond donors (Lipinski definition) is 1. The molecule has 0 fully saturated rings. The summed E-state index contributed by atoms with van der Waals surface area (Å²) < 4.78 is 39.4. The van der Waals surface area contributed by atoms with E-state index < -0.39 is 18.7 Å². The second-order valence-corrected chi connectivity index (χ2v) is 5.76. The zero-order chi connectivity index (χ0) is 20.3. The second kappa shape index (κ2) is 8.03. The SMILES string of the molecule is COc1cc(C(=O)O[C@@H](C)c2nc3ccccc3c(=O)[nH]2)ccc1OC(F)F. The average molecular weight is 390 g/mol. The van der Waals surface area contributed by atoms with Crippen LogP contribution < -0.4 is 15.0 Å². The molecule has 0 bridgehead atoms. The molecule has 0 amide bonds. The van der Waals surface area contributed by atoms with E-state index in [1.807, 2.05) is 0 Å². The lowest BCUT2D eigenvalue weighted by Gasteiger charge is -2.14. The summed E-state index contributed by atoms with van der Waals surface area (Å²) in [5.41, 5.74) is 0.187. The number of fused-ring (bicyclic) bond motifs is 1. The number of rotatable bonds is 6. The highest BCUT2D eigenvalue weighted by atomic mass is 19.3. The average Bonchev–Trinajstić information content (AvgIpc) is 2.67. The molecule has 1 atom stereocenters. The van der Waals surface area contributed by atoms with E-state index >= 15 is 0 Å². The Hall–Kier alpha value is -3.49. The lowest BCUT2D eigenvalue weighted by molar-refractivity contribution is -0.0512. The first-order chi connectivity index (χ1) is 13.4.